The van der Waals surface area contributed by atoms with E-state index in [1.54, 1.807) is 37.5 Å². The van der Waals surface area contributed by atoms with Crippen LogP contribution in [0.4, 0.5) is 5.69 Å². The highest BCUT2D eigenvalue weighted by Crippen LogP contribution is 2.39. The molecule has 0 bridgehead atoms. The Bertz CT molecular complexity index is 1140. The third-order valence-electron chi connectivity index (χ3n) is 6.02. The number of amides is 2. The van der Waals surface area contributed by atoms with Crippen LogP contribution in [0, 0.1) is 0 Å². The van der Waals surface area contributed by atoms with Crippen molar-refractivity contribution in [2.75, 3.05) is 41.4 Å². The Labute approximate surface area is 199 Å². The SMILES string of the molecule is COc1cc2c(cc1OC)C(=O)N1C=C(c3ccc(C(=O)NCCCN(C)C)cc3)C[C@H]1C=N2. The summed E-state index contributed by atoms with van der Waals surface area (Å²) in [7, 11) is 7.12. The van der Waals surface area contributed by atoms with Crippen LogP contribution in [-0.2, 0) is 0 Å². The van der Waals surface area contributed by atoms with E-state index in [0.717, 1.165) is 24.1 Å². The molecule has 2 aliphatic heterocycles. The first-order valence-electron chi connectivity index (χ1n) is 11.3. The van der Waals surface area contributed by atoms with E-state index in [1.165, 1.54) is 0 Å². The predicted octanol–water partition coefficient (Wildman–Crippen LogP) is 3.36. The first kappa shape index (κ1) is 23.5. The van der Waals surface area contributed by atoms with Gasteiger partial charge in [-0.05, 0) is 56.4 Å². The van der Waals surface area contributed by atoms with Crippen LogP contribution in [0.5, 0.6) is 11.5 Å². The summed E-state index contributed by atoms with van der Waals surface area (Å²) in [4.78, 5) is 34.1. The fraction of sp³-hybridized carbons (Fsp3) is 0.346. The molecule has 34 heavy (non-hydrogen) atoms. The zero-order chi connectivity index (χ0) is 24.2. The molecule has 8 nitrogen and oxygen atoms in total. The number of carbonyl (C=O) groups excluding carboxylic acids is 2. The van der Waals surface area contributed by atoms with Gasteiger partial charge in [-0.1, -0.05) is 12.1 Å². The maximum Gasteiger partial charge on any atom is 0.260 e. The highest BCUT2D eigenvalue weighted by Gasteiger charge is 2.33. The van der Waals surface area contributed by atoms with E-state index in [2.05, 4.69) is 15.2 Å². The first-order chi connectivity index (χ1) is 16.4. The van der Waals surface area contributed by atoms with Gasteiger partial charge >= 0.3 is 0 Å². The van der Waals surface area contributed by atoms with Crippen molar-refractivity contribution < 1.29 is 19.1 Å². The third-order valence-corrected chi connectivity index (χ3v) is 6.02. The molecule has 0 spiro atoms. The van der Waals surface area contributed by atoms with Crippen LogP contribution in [-0.4, -0.2) is 75.3 Å². The molecule has 0 fully saturated rings. The van der Waals surface area contributed by atoms with Crippen LogP contribution in [0.1, 0.15) is 39.1 Å². The number of methoxy groups -OCH3 is 2. The number of nitrogens with one attached hydrogen (secondary N) is 1. The zero-order valence-corrected chi connectivity index (χ0v) is 20.0. The summed E-state index contributed by atoms with van der Waals surface area (Å²) in [5.41, 5.74) is 3.65. The number of nitrogens with zero attached hydrogens (tertiary/aromatic N) is 3. The topological polar surface area (TPSA) is 83.5 Å². The molecule has 2 aliphatic rings. The number of hydrogen-bond donors (Lipinski definition) is 1. The summed E-state index contributed by atoms with van der Waals surface area (Å²) in [6.45, 7) is 1.57. The van der Waals surface area contributed by atoms with Gasteiger partial charge in [0.25, 0.3) is 11.8 Å². The van der Waals surface area contributed by atoms with E-state index in [1.807, 2.05) is 44.6 Å². The molecule has 178 valence electrons. The monoisotopic (exact) mass is 462 g/mol. The molecule has 0 aromatic heterocycles. The Balaban J connectivity index is 1.49. The molecule has 0 unspecified atom stereocenters. The van der Waals surface area contributed by atoms with Gasteiger partial charge in [-0.25, -0.2) is 0 Å². The molecule has 0 aliphatic carbocycles. The Morgan fingerprint density at radius 1 is 1.15 bits per heavy atom. The van der Waals surface area contributed by atoms with Crippen molar-refractivity contribution in [3.05, 3.63) is 59.3 Å². The summed E-state index contributed by atoms with van der Waals surface area (Å²) < 4.78 is 10.7. The van der Waals surface area contributed by atoms with Crippen LogP contribution in [0.3, 0.4) is 0 Å². The lowest BCUT2D eigenvalue weighted by Gasteiger charge is -2.18. The van der Waals surface area contributed by atoms with Gasteiger partial charge in [0, 0.05) is 37.0 Å². The average molecular weight is 463 g/mol. The van der Waals surface area contributed by atoms with Crippen LogP contribution >= 0.6 is 0 Å². The molecule has 2 heterocycles. The molecule has 2 aromatic carbocycles. The van der Waals surface area contributed by atoms with Gasteiger partial charge in [0.05, 0.1) is 31.5 Å². The second kappa shape index (κ2) is 10.1. The Kier molecular flexibility index (Phi) is 6.98. The van der Waals surface area contributed by atoms with E-state index >= 15 is 0 Å². The number of hydrogen-bond acceptors (Lipinski definition) is 6. The van der Waals surface area contributed by atoms with Crippen molar-refractivity contribution in [1.82, 2.24) is 15.1 Å². The van der Waals surface area contributed by atoms with Gasteiger partial charge in [0.15, 0.2) is 11.5 Å². The number of ether oxygens (including phenoxy) is 2. The zero-order valence-electron chi connectivity index (χ0n) is 20.0. The van der Waals surface area contributed by atoms with Crippen LogP contribution in [0.2, 0.25) is 0 Å². The van der Waals surface area contributed by atoms with Gasteiger partial charge in [0.1, 0.15) is 0 Å². The molecule has 2 aromatic rings. The third kappa shape index (κ3) is 4.82. The van der Waals surface area contributed by atoms with Gasteiger partial charge in [-0.2, -0.15) is 0 Å². The molecule has 8 heteroatoms. The number of benzene rings is 2. The number of aliphatic imine (C=N–C) groups is 1. The van der Waals surface area contributed by atoms with Crippen molar-refractivity contribution in [2.24, 2.45) is 4.99 Å². The minimum atomic E-state index is -0.174. The number of carbonyl (C=O) groups is 2. The maximum atomic E-state index is 13.3. The van der Waals surface area contributed by atoms with Gasteiger partial charge in [0.2, 0.25) is 0 Å². The summed E-state index contributed by atoms with van der Waals surface area (Å²) >= 11 is 0. The lowest BCUT2D eigenvalue weighted by molar-refractivity contribution is 0.0817. The Hall–Kier alpha value is -3.65. The molecule has 1 atom stereocenters. The van der Waals surface area contributed by atoms with Crippen LogP contribution in [0.15, 0.2) is 47.6 Å². The van der Waals surface area contributed by atoms with E-state index in [4.69, 9.17) is 9.47 Å². The van der Waals surface area contributed by atoms with E-state index in [0.29, 0.717) is 41.3 Å². The smallest absolute Gasteiger partial charge is 0.260 e. The average Bonchev–Trinajstić information content (AvgIpc) is 3.23. The summed E-state index contributed by atoms with van der Waals surface area (Å²) in [6.07, 6.45) is 5.22. The van der Waals surface area contributed by atoms with Gasteiger partial charge < -0.3 is 24.6 Å². The minimum absolute atomic E-state index is 0.0806. The second-order valence-corrected chi connectivity index (χ2v) is 8.63. The lowest BCUT2D eigenvalue weighted by atomic mass is 10.0. The first-order valence-corrected chi connectivity index (χ1v) is 11.3. The fourth-order valence-corrected chi connectivity index (χ4v) is 4.15. The highest BCUT2D eigenvalue weighted by molar-refractivity contribution is 6.05. The normalized spacial score (nSPS) is 16.6. The van der Waals surface area contributed by atoms with Crippen molar-refractivity contribution in [2.45, 2.75) is 18.9 Å². The molecule has 1 N–H and O–H groups in total. The molecule has 0 saturated heterocycles. The molecule has 0 radical (unpaired) electrons. The lowest BCUT2D eigenvalue weighted by Crippen LogP contribution is -2.32. The van der Waals surface area contributed by atoms with Crippen molar-refractivity contribution in [1.29, 1.82) is 0 Å². The van der Waals surface area contributed by atoms with E-state index < -0.39 is 0 Å². The minimum Gasteiger partial charge on any atom is -0.493 e. The summed E-state index contributed by atoms with van der Waals surface area (Å²) in [5, 5.41) is 2.95. The van der Waals surface area contributed by atoms with Crippen molar-refractivity contribution >= 4 is 29.3 Å². The number of fused-ring (bicyclic) bond motifs is 2. The van der Waals surface area contributed by atoms with Gasteiger partial charge in [-0.15, -0.1) is 0 Å². The maximum absolute atomic E-state index is 13.3. The van der Waals surface area contributed by atoms with E-state index in [-0.39, 0.29) is 17.9 Å². The molecule has 2 amide bonds. The molecule has 4 rings (SSSR count). The van der Waals surface area contributed by atoms with Crippen LogP contribution < -0.4 is 14.8 Å². The quantitative estimate of drug-likeness (QED) is 0.609. The standard InChI is InChI=1S/C26H30N4O4/c1-29(2)11-5-10-27-25(31)18-8-6-17(7-9-18)19-12-20-15-28-22-14-24(34-4)23(33-3)13-21(22)26(32)30(20)16-19/h6-9,13-16,20H,5,10-12H2,1-4H3,(H,27,31)/t20-/m0/s1. The Morgan fingerprint density at radius 3 is 2.53 bits per heavy atom. The molecular weight excluding hydrogens is 432 g/mol. The van der Waals surface area contributed by atoms with Gasteiger partial charge in [-0.3, -0.25) is 14.6 Å². The largest absolute Gasteiger partial charge is 0.493 e. The molecule has 0 saturated carbocycles. The van der Waals surface area contributed by atoms with Crippen molar-refractivity contribution in [3.63, 3.8) is 0 Å². The fourth-order valence-electron chi connectivity index (χ4n) is 4.15. The summed E-state index contributed by atoms with van der Waals surface area (Å²) in [5.74, 6) is 0.804. The Morgan fingerprint density at radius 2 is 1.85 bits per heavy atom. The second-order valence-electron chi connectivity index (χ2n) is 8.63. The number of rotatable bonds is 8. The van der Waals surface area contributed by atoms with Crippen LogP contribution in [0.25, 0.3) is 5.57 Å². The molecular formula is C26H30N4O4. The predicted molar refractivity (Wildman–Crippen MR) is 132 cm³/mol. The van der Waals surface area contributed by atoms with E-state index in [9.17, 15) is 9.59 Å². The summed E-state index contributed by atoms with van der Waals surface area (Å²) in [6, 6.07) is 10.7. The highest BCUT2D eigenvalue weighted by atomic mass is 16.5. The van der Waals surface area contributed by atoms with Crippen molar-refractivity contribution in [3.8, 4) is 11.5 Å².